The van der Waals surface area contributed by atoms with Crippen LogP contribution in [0.4, 0.5) is 4.39 Å². The van der Waals surface area contributed by atoms with E-state index in [2.05, 4.69) is 0 Å². The van der Waals surface area contributed by atoms with Gasteiger partial charge in [0.25, 0.3) is 0 Å². The first-order valence-corrected chi connectivity index (χ1v) is 6.36. The van der Waals surface area contributed by atoms with Crippen LogP contribution in [0, 0.1) is 5.82 Å². The molecule has 0 aliphatic heterocycles. The van der Waals surface area contributed by atoms with Gasteiger partial charge in [-0.1, -0.05) is 30.3 Å². The molecule has 2 rings (SSSR count). The van der Waals surface area contributed by atoms with Crippen molar-refractivity contribution in [3.05, 3.63) is 65.5 Å². The van der Waals surface area contributed by atoms with Crippen molar-refractivity contribution in [2.75, 3.05) is 0 Å². The van der Waals surface area contributed by atoms with Crippen molar-refractivity contribution in [3.8, 4) is 5.75 Å². The van der Waals surface area contributed by atoms with E-state index in [4.69, 9.17) is 10.5 Å². The summed E-state index contributed by atoms with van der Waals surface area (Å²) in [6.07, 6.45) is 0.599. The Bertz CT molecular complexity index is 526. The van der Waals surface area contributed by atoms with E-state index in [1.807, 2.05) is 37.3 Å². The Balaban J connectivity index is 2.11. The third-order valence-electron chi connectivity index (χ3n) is 2.80. The second kappa shape index (κ2) is 6.34. The molecule has 2 aromatic rings. The number of rotatable bonds is 5. The van der Waals surface area contributed by atoms with E-state index in [-0.39, 0.29) is 11.9 Å². The third kappa shape index (κ3) is 4.07. The van der Waals surface area contributed by atoms with Crippen LogP contribution in [-0.2, 0) is 13.0 Å². The van der Waals surface area contributed by atoms with Crippen LogP contribution in [0.1, 0.15) is 18.1 Å². The molecule has 0 fully saturated rings. The van der Waals surface area contributed by atoms with Gasteiger partial charge in [0.2, 0.25) is 0 Å². The molecule has 0 aromatic heterocycles. The average Bonchev–Trinajstić information content (AvgIpc) is 2.38. The minimum atomic E-state index is -0.261. The summed E-state index contributed by atoms with van der Waals surface area (Å²) in [5.41, 5.74) is 7.67. The molecule has 0 saturated carbocycles. The van der Waals surface area contributed by atoms with Crippen molar-refractivity contribution >= 4 is 0 Å². The highest BCUT2D eigenvalue weighted by Gasteiger charge is 2.08. The Labute approximate surface area is 113 Å². The van der Waals surface area contributed by atoms with Gasteiger partial charge in [-0.25, -0.2) is 4.39 Å². The van der Waals surface area contributed by atoms with Crippen molar-refractivity contribution in [2.45, 2.75) is 26.0 Å². The van der Waals surface area contributed by atoms with Crippen LogP contribution in [-0.4, -0.2) is 6.04 Å². The zero-order valence-electron chi connectivity index (χ0n) is 11.0. The minimum Gasteiger partial charge on any atom is -0.489 e. The number of hydrogen-bond donors (Lipinski definition) is 1. The van der Waals surface area contributed by atoms with Gasteiger partial charge >= 0.3 is 0 Å². The molecule has 0 heterocycles. The molecule has 100 valence electrons. The van der Waals surface area contributed by atoms with Crippen molar-refractivity contribution in [2.24, 2.45) is 5.73 Å². The molecule has 3 heteroatoms. The third-order valence-corrected chi connectivity index (χ3v) is 2.80. The zero-order chi connectivity index (χ0) is 13.7. The SMILES string of the molecule is CC(N)Cc1cc(F)ccc1OCc1ccccc1. The van der Waals surface area contributed by atoms with E-state index in [1.165, 1.54) is 12.1 Å². The Kier molecular flexibility index (Phi) is 4.53. The van der Waals surface area contributed by atoms with Crippen molar-refractivity contribution in [1.82, 2.24) is 0 Å². The second-order valence-corrected chi connectivity index (χ2v) is 4.71. The molecule has 2 N–H and O–H groups in total. The molecule has 2 aromatic carbocycles. The lowest BCUT2D eigenvalue weighted by Crippen LogP contribution is -2.18. The predicted molar refractivity (Wildman–Crippen MR) is 74.5 cm³/mol. The monoisotopic (exact) mass is 259 g/mol. The maximum absolute atomic E-state index is 13.3. The van der Waals surface area contributed by atoms with Gasteiger partial charge in [-0.3, -0.25) is 0 Å². The Morgan fingerprint density at radius 3 is 2.58 bits per heavy atom. The molecule has 1 atom stereocenters. The Morgan fingerprint density at radius 2 is 1.89 bits per heavy atom. The van der Waals surface area contributed by atoms with Gasteiger partial charge in [-0.15, -0.1) is 0 Å². The maximum Gasteiger partial charge on any atom is 0.123 e. The highest BCUT2D eigenvalue weighted by molar-refractivity contribution is 5.35. The predicted octanol–water partition coefficient (Wildman–Crippen LogP) is 3.29. The highest BCUT2D eigenvalue weighted by Crippen LogP contribution is 2.22. The molecular weight excluding hydrogens is 241 g/mol. The van der Waals surface area contributed by atoms with Crippen LogP contribution in [0.3, 0.4) is 0 Å². The first-order chi connectivity index (χ1) is 9.15. The largest absolute Gasteiger partial charge is 0.489 e. The molecule has 0 radical (unpaired) electrons. The number of hydrogen-bond acceptors (Lipinski definition) is 2. The van der Waals surface area contributed by atoms with Gasteiger partial charge in [0.15, 0.2) is 0 Å². The summed E-state index contributed by atoms with van der Waals surface area (Å²) in [5, 5.41) is 0. The quantitative estimate of drug-likeness (QED) is 0.894. The Hall–Kier alpha value is -1.87. The normalized spacial score (nSPS) is 12.2. The van der Waals surface area contributed by atoms with E-state index in [0.717, 1.165) is 11.1 Å². The van der Waals surface area contributed by atoms with Crippen molar-refractivity contribution < 1.29 is 9.13 Å². The van der Waals surface area contributed by atoms with E-state index in [0.29, 0.717) is 18.8 Å². The summed E-state index contributed by atoms with van der Waals surface area (Å²) >= 11 is 0. The summed E-state index contributed by atoms with van der Waals surface area (Å²) in [6, 6.07) is 14.4. The lowest BCUT2D eigenvalue weighted by Gasteiger charge is -2.13. The number of benzene rings is 2. The summed E-state index contributed by atoms with van der Waals surface area (Å²) in [7, 11) is 0. The zero-order valence-corrected chi connectivity index (χ0v) is 11.0. The van der Waals surface area contributed by atoms with Crippen molar-refractivity contribution in [1.29, 1.82) is 0 Å². The molecule has 0 aliphatic rings. The molecule has 1 unspecified atom stereocenters. The molecule has 0 bridgehead atoms. The van der Waals surface area contributed by atoms with Gasteiger partial charge in [0.1, 0.15) is 18.2 Å². The summed E-state index contributed by atoms with van der Waals surface area (Å²) < 4.78 is 19.0. The van der Waals surface area contributed by atoms with E-state index in [1.54, 1.807) is 6.07 Å². The van der Waals surface area contributed by atoms with Crippen LogP contribution in [0.25, 0.3) is 0 Å². The molecular formula is C16H18FNO. The van der Waals surface area contributed by atoms with E-state index in [9.17, 15) is 4.39 Å². The molecule has 0 saturated heterocycles. The number of nitrogens with two attached hydrogens (primary N) is 1. The number of ether oxygens (including phenoxy) is 1. The smallest absolute Gasteiger partial charge is 0.123 e. The van der Waals surface area contributed by atoms with E-state index >= 15 is 0 Å². The van der Waals surface area contributed by atoms with Crippen molar-refractivity contribution in [3.63, 3.8) is 0 Å². The topological polar surface area (TPSA) is 35.2 Å². The Morgan fingerprint density at radius 1 is 1.16 bits per heavy atom. The fraction of sp³-hybridized carbons (Fsp3) is 0.250. The summed E-state index contributed by atoms with van der Waals surface area (Å²) in [5.74, 6) is 0.435. The van der Waals surface area contributed by atoms with Crippen LogP contribution in [0.15, 0.2) is 48.5 Å². The molecule has 2 nitrogen and oxygen atoms in total. The van der Waals surface area contributed by atoms with Gasteiger partial charge in [-0.05, 0) is 42.7 Å². The van der Waals surface area contributed by atoms with Gasteiger partial charge < -0.3 is 10.5 Å². The molecule has 0 aliphatic carbocycles. The first-order valence-electron chi connectivity index (χ1n) is 6.36. The highest BCUT2D eigenvalue weighted by atomic mass is 19.1. The van der Waals surface area contributed by atoms with Crippen LogP contribution >= 0.6 is 0 Å². The summed E-state index contributed by atoms with van der Waals surface area (Å²) in [4.78, 5) is 0. The summed E-state index contributed by atoms with van der Waals surface area (Å²) in [6.45, 7) is 2.37. The first kappa shape index (κ1) is 13.6. The van der Waals surface area contributed by atoms with Gasteiger partial charge in [0.05, 0.1) is 0 Å². The van der Waals surface area contributed by atoms with E-state index < -0.39 is 0 Å². The lowest BCUT2D eigenvalue weighted by molar-refractivity contribution is 0.302. The van der Waals surface area contributed by atoms with Crippen LogP contribution in [0.2, 0.25) is 0 Å². The average molecular weight is 259 g/mol. The minimum absolute atomic E-state index is 0.0270. The second-order valence-electron chi connectivity index (χ2n) is 4.71. The fourth-order valence-corrected chi connectivity index (χ4v) is 1.93. The molecule has 0 amide bonds. The molecule has 19 heavy (non-hydrogen) atoms. The standard InChI is InChI=1S/C16H18FNO/c1-12(18)9-14-10-15(17)7-8-16(14)19-11-13-5-3-2-4-6-13/h2-8,10,12H,9,11,18H2,1H3. The fourth-order valence-electron chi connectivity index (χ4n) is 1.93. The van der Waals surface area contributed by atoms with Gasteiger partial charge in [0, 0.05) is 6.04 Å². The van der Waals surface area contributed by atoms with Crippen LogP contribution in [0.5, 0.6) is 5.75 Å². The maximum atomic E-state index is 13.3. The molecule has 0 spiro atoms. The van der Waals surface area contributed by atoms with Gasteiger partial charge in [-0.2, -0.15) is 0 Å². The number of halogens is 1. The van der Waals surface area contributed by atoms with Crippen LogP contribution < -0.4 is 10.5 Å². The lowest BCUT2D eigenvalue weighted by atomic mass is 10.1.